The molecule has 12 heavy (non-hydrogen) atoms. The Hall–Kier alpha value is 0.120. The monoisotopic (exact) mass is 202 g/mol. The maximum Gasteiger partial charge on any atom is 1.00 e. The molecule has 0 saturated heterocycles. The minimum Gasteiger partial charge on any atom is -0.745 e. The van der Waals surface area contributed by atoms with Crippen molar-refractivity contribution in [2.45, 2.75) is 12.4 Å². The first-order valence-corrected chi connectivity index (χ1v) is 4.13. The van der Waals surface area contributed by atoms with Crippen molar-refractivity contribution in [3.8, 4) is 0 Å². The minimum absolute atomic E-state index is 0. The molecule has 1 atom stereocenters. The zero-order valence-corrected chi connectivity index (χ0v) is 9.63. The maximum absolute atomic E-state index is 10.3. The fraction of sp³-hybridized carbons (Fsp3) is 0.400. The molecule has 0 rings (SSSR count). The van der Waals surface area contributed by atoms with Crippen LogP contribution in [0.2, 0.25) is 0 Å². The summed E-state index contributed by atoms with van der Waals surface area (Å²) in [5.41, 5.74) is -1.66. The van der Waals surface area contributed by atoms with Gasteiger partial charge in [0, 0.05) is 6.08 Å². The molecule has 0 aliphatic heterocycles. The molecule has 0 amide bonds. The Balaban J connectivity index is 0. The molecule has 0 aliphatic carbocycles. The van der Waals surface area contributed by atoms with Crippen LogP contribution in [0.1, 0.15) is 6.92 Å². The normalized spacial score (nSPS) is 12.5. The van der Waals surface area contributed by atoms with E-state index in [9.17, 15) is 17.8 Å². The molecule has 64 valence electrons. The molecule has 0 heterocycles. The molecule has 0 radical (unpaired) electrons. The summed E-state index contributed by atoms with van der Waals surface area (Å²) in [6.07, 6.45) is 0.779. The van der Waals surface area contributed by atoms with Gasteiger partial charge in [-0.3, -0.25) is 0 Å². The van der Waals surface area contributed by atoms with E-state index >= 15 is 0 Å². The summed E-state index contributed by atoms with van der Waals surface area (Å²) in [5.74, 6) is -0.933. The van der Waals surface area contributed by atoms with Crippen LogP contribution in [0.25, 0.3) is 0 Å². The van der Waals surface area contributed by atoms with Crippen molar-refractivity contribution in [3.63, 3.8) is 0 Å². The minimum atomic E-state index is -4.55. The van der Waals surface area contributed by atoms with E-state index in [0.717, 1.165) is 13.0 Å². The van der Waals surface area contributed by atoms with Crippen molar-refractivity contribution < 1.29 is 52.1 Å². The SMILES string of the molecule is C=CC(=O)OC(C)S(=O)(=O)[O-].[Na+]. The fourth-order valence-corrected chi connectivity index (χ4v) is 0.483. The van der Waals surface area contributed by atoms with Crippen molar-refractivity contribution in [1.82, 2.24) is 0 Å². The van der Waals surface area contributed by atoms with Gasteiger partial charge in [-0.05, 0) is 6.92 Å². The number of hydrogen-bond donors (Lipinski definition) is 0. The molecule has 0 saturated carbocycles. The average Bonchev–Trinajstić information content (AvgIpc) is 1.85. The molecule has 0 aromatic heterocycles. The largest absolute Gasteiger partial charge is 1.00 e. The van der Waals surface area contributed by atoms with Gasteiger partial charge in [0.15, 0.2) is 5.44 Å². The van der Waals surface area contributed by atoms with Gasteiger partial charge in [-0.25, -0.2) is 13.2 Å². The summed E-state index contributed by atoms with van der Waals surface area (Å²) in [6.45, 7) is 4.00. The molecule has 0 aromatic carbocycles. The fourth-order valence-electron chi connectivity index (χ4n) is 0.271. The number of carbonyl (C=O) groups excluding carboxylic acids is 1. The molecule has 0 fully saturated rings. The van der Waals surface area contributed by atoms with Crippen LogP contribution in [0.5, 0.6) is 0 Å². The van der Waals surface area contributed by atoms with E-state index in [1.54, 1.807) is 0 Å². The van der Waals surface area contributed by atoms with Gasteiger partial charge < -0.3 is 9.29 Å². The quantitative estimate of drug-likeness (QED) is 0.206. The van der Waals surface area contributed by atoms with Gasteiger partial charge >= 0.3 is 35.5 Å². The molecular formula is C5H7NaO5S. The van der Waals surface area contributed by atoms with Crippen LogP contribution in [0.4, 0.5) is 0 Å². The number of carbonyl (C=O) groups is 1. The molecule has 5 nitrogen and oxygen atoms in total. The first-order valence-electron chi connectivity index (χ1n) is 2.65. The van der Waals surface area contributed by atoms with Crippen LogP contribution in [-0.2, 0) is 19.6 Å². The second kappa shape index (κ2) is 5.71. The van der Waals surface area contributed by atoms with Crippen molar-refractivity contribution in [1.29, 1.82) is 0 Å². The molecule has 0 spiro atoms. The van der Waals surface area contributed by atoms with Gasteiger partial charge in [0.2, 0.25) is 0 Å². The topological polar surface area (TPSA) is 83.5 Å². The van der Waals surface area contributed by atoms with Gasteiger partial charge in [-0.2, -0.15) is 0 Å². The summed E-state index contributed by atoms with van der Waals surface area (Å²) in [7, 11) is -4.55. The third kappa shape index (κ3) is 5.73. The molecule has 1 unspecified atom stereocenters. The van der Waals surface area contributed by atoms with E-state index in [2.05, 4.69) is 11.3 Å². The van der Waals surface area contributed by atoms with E-state index in [4.69, 9.17) is 0 Å². The standard InChI is InChI=1S/C5H8O5S.Na/c1-3-5(6)10-4(2)11(7,8)9;/h3-4H,1H2,2H3,(H,7,8,9);/q;+1/p-1. The van der Waals surface area contributed by atoms with Gasteiger partial charge in [0.25, 0.3) is 0 Å². The summed E-state index contributed by atoms with van der Waals surface area (Å²) >= 11 is 0. The first-order chi connectivity index (χ1) is 4.88. The van der Waals surface area contributed by atoms with Crippen LogP contribution in [0.3, 0.4) is 0 Å². The van der Waals surface area contributed by atoms with Crippen LogP contribution < -0.4 is 29.6 Å². The van der Waals surface area contributed by atoms with E-state index in [1.807, 2.05) is 0 Å². The Kier molecular flexibility index (Phi) is 6.97. The van der Waals surface area contributed by atoms with Crippen molar-refractivity contribution >= 4 is 16.1 Å². The van der Waals surface area contributed by atoms with E-state index in [1.165, 1.54) is 0 Å². The molecule has 0 aromatic rings. The van der Waals surface area contributed by atoms with Crippen LogP contribution in [0.15, 0.2) is 12.7 Å². The van der Waals surface area contributed by atoms with Crippen LogP contribution >= 0.6 is 0 Å². The molecular weight excluding hydrogens is 195 g/mol. The number of esters is 1. The van der Waals surface area contributed by atoms with E-state index in [-0.39, 0.29) is 29.6 Å². The molecule has 0 N–H and O–H groups in total. The number of hydrogen-bond acceptors (Lipinski definition) is 5. The van der Waals surface area contributed by atoms with Crippen LogP contribution in [-0.4, -0.2) is 24.4 Å². The molecule has 0 bridgehead atoms. The Morgan fingerprint density at radius 1 is 1.67 bits per heavy atom. The summed E-state index contributed by atoms with van der Waals surface area (Å²) < 4.78 is 34.5. The zero-order valence-electron chi connectivity index (χ0n) is 6.81. The van der Waals surface area contributed by atoms with Crippen molar-refractivity contribution in [2.75, 3.05) is 0 Å². The maximum atomic E-state index is 10.3. The Bertz CT molecular complexity index is 257. The second-order valence-corrected chi connectivity index (χ2v) is 3.35. The molecule has 7 heteroatoms. The Morgan fingerprint density at radius 2 is 2.08 bits per heavy atom. The Labute approximate surface area is 92.8 Å². The Morgan fingerprint density at radius 3 is 2.33 bits per heavy atom. The van der Waals surface area contributed by atoms with Gasteiger partial charge in [0.05, 0.1) is 0 Å². The van der Waals surface area contributed by atoms with Crippen LogP contribution in [0, 0.1) is 0 Å². The predicted octanol–water partition coefficient (Wildman–Crippen LogP) is -3.39. The summed E-state index contributed by atoms with van der Waals surface area (Å²) in [4.78, 5) is 10.3. The smallest absolute Gasteiger partial charge is 0.745 e. The summed E-state index contributed by atoms with van der Waals surface area (Å²) in [6, 6.07) is 0. The zero-order chi connectivity index (χ0) is 9.07. The second-order valence-electron chi connectivity index (χ2n) is 1.70. The van der Waals surface area contributed by atoms with Crippen molar-refractivity contribution in [2.24, 2.45) is 0 Å². The van der Waals surface area contributed by atoms with E-state index in [0.29, 0.717) is 0 Å². The third-order valence-corrected chi connectivity index (χ3v) is 1.76. The number of ether oxygens (including phenoxy) is 1. The van der Waals surface area contributed by atoms with Gasteiger partial charge in [-0.15, -0.1) is 0 Å². The summed E-state index contributed by atoms with van der Waals surface area (Å²) in [5, 5.41) is 0. The third-order valence-electron chi connectivity index (χ3n) is 0.855. The first kappa shape index (κ1) is 14.6. The van der Waals surface area contributed by atoms with E-state index < -0.39 is 21.5 Å². The average molecular weight is 202 g/mol. The van der Waals surface area contributed by atoms with Crippen molar-refractivity contribution in [3.05, 3.63) is 12.7 Å². The van der Waals surface area contributed by atoms with Gasteiger partial charge in [-0.1, -0.05) is 6.58 Å². The predicted molar refractivity (Wildman–Crippen MR) is 35.4 cm³/mol. The molecule has 0 aliphatic rings. The van der Waals surface area contributed by atoms with Gasteiger partial charge in [0.1, 0.15) is 10.1 Å². The number of rotatable bonds is 3.